The molecule has 59 heavy (non-hydrogen) atoms. The number of hydrogen-bond donors (Lipinski definition) is 3. The Labute approximate surface area is 339 Å². The number of anilines is 3. The molecule has 3 saturated heterocycles. The second kappa shape index (κ2) is 15.0. The Morgan fingerprint density at radius 3 is 2.47 bits per heavy atom. The highest BCUT2D eigenvalue weighted by Gasteiger charge is 2.51. The van der Waals surface area contributed by atoms with Crippen molar-refractivity contribution in [1.29, 1.82) is 0 Å². The number of phenols is 1. The second-order valence-electron chi connectivity index (χ2n) is 17.0. The van der Waals surface area contributed by atoms with Gasteiger partial charge in [-0.15, -0.1) is 10.2 Å². The SMILES string of the molecule is CCC12CNc3nnc(-c4cc(F)cc(F)c4O)cc3N1CCN(C(=O)C1(F)CCC(CN3CCN(c4ccc5c(c4)C(=O)N([C@H]4CCC(=O)NC4=O)C5)CC3)CC1)C2. The molecule has 3 N–H and O–H groups in total. The molecule has 2 atom stereocenters. The van der Waals surface area contributed by atoms with Crippen LogP contribution >= 0.6 is 0 Å². The fourth-order valence-corrected chi connectivity index (χ4v) is 10.1. The number of fused-ring (bicyclic) bond motifs is 4. The molecular weight excluding hydrogens is 768 g/mol. The molecule has 4 fully saturated rings. The van der Waals surface area contributed by atoms with Crippen molar-refractivity contribution in [1.82, 2.24) is 30.2 Å². The zero-order valence-electron chi connectivity index (χ0n) is 33.0. The summed E-state index contributed by atoms with van der Waals surface area (Å²) in [5.74, 6) is -3.31. The fourth-order valence-electron chi connectivity index (χ4n) is 10.1. The van der Waals surface area contributed by atoms with Crippen LogP contribution in [0.1, 0.15) is 67.8 Å². The van der Waals surface area contributed by atoms with E-state index in [9.17, 15) is 33.1 Å². The molecule has 6 heterocycles. The molecule has 0 spiro atoms. The molecule has 3 aromatic rings. The van der Waals surface area contributed by atoms with Gasteiger partial charge in [-0.2, -0.15) is 0 Å². The van der Waals surface area contributed by atoms with E-state index >= 15 is 4.39 Å². The number of aromatic nitrogens is 2. The van der Waals surface area contributed by atoms with Crippen molar-refractivity contribution in [3.8, 4) is 17.0 Å². The summed E-state index contributed by atoms with van der Waals surface area (Å²) in [5.41, 5.74) is 0.524. The second-order valence-corrected chi connectivity index (χ2v) is 17.0. The van der Waals surface area contributed by atoms with Crippen LogP contribution in [0.2, 0.25) is 0 Å². The van der Waals surface area contributed by atoms with E-state index < -0.39 is 46.4 Å². The van der Waals surface area contributed by atoms with Crippen molar-refractivity contribution < 1.29 is 37.5 Å². The summed E-state index contributed by atoms with van der Waals surface area (Å²) in [4.78, 5) is 61.5. The Hall–Kier alpha value is -5.45. The van der Waals surface area contributed by atoms with Gasteiger partial charge in [-0.05, 0) is 74.3 Å². The smallest absolute Gasteiger partial charge is 0.260 e. The maximum absolute atomic E-state index is 16.7. The highest BCUT2D eigenvalue weighted by molar-refractivity contribution is 6.05. The van der Waals surface area contributed by atoms with E-state index in [-0.39, 0.29) is 48.3 Å². The number of amides is 4. The number of phenolic OH excluding ortho intramolecular Hbond substituents is 1. The summed E-state index contributed by atoms with van der Waals surface area (Å²) in [7, 11) is 0. The van der Waals surface area contributed by atoms with Crippen LogP contribution in [-0.2, 0) is 20.9 Å². The lowest BCUT2D eigenvalue weighted by molar-refractivity contribution is -0.149. The highest BCUT2D eigenvalue weighted by Crippen LogP contribution is 2.44. The van der Waals surface area contributed by atoms with E-state index in [2.05, 4.69) is 35.5 Å². The van der Waals surface area contributed by atoms with Gasteiger partial charge in [0.15, 0.2) is 23.1 Å². The first kappa shape index (κ1) is 39.0. The third-order valence-electron chi connectivity index (χ3n) is 13.6. The lowest BCUT2D eigenvalue weighted by atomic mass is 9.78. The number of carbonyl (C=O) groups excluding carboxylic acids is 4. The highest BCUT2D eigenvalue weighted by atomic mass is 19.1. The maximum atomic E-state index is 16.7. The molecule has 1 unspecified atom stereocenters. The molecular formula is C42H48F3N9O5. The molecule has 312 valence electrons. The Balaban J connectivity index is 0.780. The van der Waals surface area contributed by atoms with Crippen molar-refractivity contribution >= 4 is 40.8 Å². The van der Waals surface area contributed by atoms with Crippen LogP contribution in [0.4, 0.5) is 30.4 Å². The van der Waals surface area contributed by atoms with Gasteiger partial charge in [0.2, 0.25) is 11.8 Å². The zero-order chi connectivity index (χ0) is 41.2. The van der Waals surface area contributed by atoms with Crippen molar-refractivity contribution in [2.45, 2.75) is 75.7 Å². The molecule has 1 aromatic heterocycles. The van der Waals surface area contributed by atoms with Gasteiger partial charge in [-0.1, -0.05) is 13.0 Å². The summed E-state index contributed by atoms with van der Waals surface area (Å²) in [5, 5.41) is 24.3. The van der Waals surface area contributed by atoms with Gasteiger partial charge in [0.1, 0.15) is 11.9 Å². The minimum Gasteiger partial charge on any atom is -0.504 e. The van der Waals surface area contributed by atoms with E-state index in [1.807, 2.05) is 25.1 Å². The lowest BCUT2D eigenvalue weighted by Crippen LogP contribution is -2.69. The number of carbonyl (C=O) groups is 4. The van der Waals surface area contributed by atoms with Crippen molar-refractivity contribution in [3.63, 3.8) is 0 Å². The average Bonchev–Trinajstić information content (AvgIpc) is 3.57. The van der Waals surface area contributed by atoms with Gasteiger partial charge >= 0.3 is 0 Å². The molecule has 9 rings (SSSR count). The number of rotatable bonds is 7. The van der Waals surface area contributed by atoms with E-state index in [1.165, 1.54) is 0 Å². The lowest BCUT2D eigenvalue weighted by Gasteiger charge is -2.55. The van der Waals surface area contributed by atoms with Gasteiger partial charge in [0.05, 0.1) is 16.9 Å². The number of nitrogens with zero attached hydrogens (tertiary/aromatic N) is 7. The Bertz CT molecular complexity index is 2210. The van der Waals surface area contributed by atoms with Crippen LogP contribution in [0.25, 0.3) is 11.3 Å². The van der Waals surface area contributed by atoms with Crippen molar-refractivity contribution in [2.75, 3.05) is 74.0 Å². The average molecular weight is 816 g/mol. The largest absolute Gasteiger partial charge is 0.504 e. The molecule has 1 aliphatic carbocycles. The molecule has 2 aromatic carbocycles. The monoisotopic (exact) mass is 815 g/mol. The van der Waals surface area contributed by atoms with Crippen LogP contribution in [-0.4, -0.2) is 130 Å². The van der Waals surface area contributed by atoms with Crippen molar-refractivity contribution in [2.24, 2.45) is 5.92 Å². The van der Waals surface area contributed by atoms with E-state index in [4.69, 9.17) is 0 Å². The third kappa shape index (κ3) is 7.00. The summed E-state index contributed by atoms with van der Waals surface area (Å²) in [6.07, 6.45) is 2.73. The van der Waals surface area contributed by atoms with E-state index in [1.54, 1.807) is 15.9 Å². The summed E-state index contributed by atoms with van der Waals surface area (Å²) >= 11 is 0. The van der Waals surface area contributed by atoms with Gasteiger partial charge in [-0.25, -0.2) is 13.2 Å². The number of aromatic hydroxyl groups is 1. The van der Waals surface area contributed by atoms with Gasteiger partial charge in [0.25, 0.3) is 11.8 Å². The molecule has 17 heteroatoms. The van der Waals surface area contributed by atoms with Gasteiger partial charge in [0, 0.05) is 94.7 Å². The maximum Gasteiger partial charge on any atom is 0.260 e. The molecule has 1 saturated carbocycles. The molecule has 4 amide bonds. The Kier molecular flexibility index (Phi) is 9.91. The van der Waals surface area contributed by atoms with Crippen LogP contribution in [0.5, 0.6) is 5.75 Å². The number of piperidine rings is 1. The predicted molar refractivity (Wildman–Crippen MR) is 211 cm³/mol. The zero-order valence-corrected chi connectivity index (χ0v) is 33.0. The normalized spacial score (nSPS) is 27.2. The topological polar surface area (TPSA) is 155 Å². The number of nitrogens with one attached hydrogen (secondary N) is 2. The molecule has 5 aliphatic heterocycles. The van der Waals surface area contributed by atoms with E-state index in [0.29, 0.717) is 81.5 Å². The molecule has 0 radical (unpaired) electrons. The fraction of sp³-hybridized carbons (Fsp3) is 0.524. The predicted octanol–water partition coefficient (Wildman–Crippen LogP) is 3.83. The van der Waals surface area contributed by atoms with E-state index in [0.717, 1.165) is 50.0 Å². The standard InChI is InChI=1S/C42H48F3N9O5/c1-2-41-23-46-37-34(20-32(48-49-37)30-17-27(43)18-31(44)36(30)56)54(41)16-15-52(24-41)40(59)42(45)9-7-25(8-10-42)21-50-11-13-51(14-12-50)28-4-3-26-22-53(39(58)29(26)19-28)33-5-6-35(55)47-38(33)57/h3-4,17-20,25,33,56H,2,5-16,21-24H2,1H3,(H,46,49)(H,47,55,57)/t25?,33-,41?,42?/m0/s1. The first-order chi connectivity index (χ1) is 28.3. The number of hydrogen-bond acceptors (Lipinski definition) is 11. The quantitative estimate of drug-likeness (QED) is 0.299. The first-order valence-corrected chi connectivity index (χ1v) is 20.7. The Morgan fingerprint density at radius 1 is 0.949 bits per heavy atom. The molecule has 0 bridgehead atoms. The number of piperazine rings is 2. The minimum absolute atomic E-state index is 0.103. The van der Waals surface area contributed by atoms with Crippen LogP contribution in [0.15, 0.2) is 36.4 Å². The minimum atomic E-state index is -1.94. The number of benzene rings is 2. The number of alkyl halides is 1. The third-order valence-corrected chi connectivity index (χ3v) is 13.6. The summed E-state index contributed by atoms with van der Waals surface area (Å²) < 4.78 is 45.0. The molecule has 14 nitrogen and oxygen atoms in total. The van der Waals surface area contributed by atoms with Crippen molar-refractivity contribution in [3.05, 3.63) is 59.2 Å². The summed E-state index contributed by atoms with van der Waals surface area (Å²) in [6.45, 7) is 7.80. The number of imide groups is 1. The Morgan fingerprint density at radius 2 is 1.73 bits per heavy atom. The number of halogens is 3. The van der Waals surface area contributed by atoms with Gasteiger partial charge in [-0.3, -0.25) is 29.4 Å². The van der Waals surface area contributed by atoms with Crippen LogP contribution in [0, 0.1) is 17.6 Å². The summed E-state index contributed by atoms with van der Waals surface area (Å²) in [6, 6.07) is 8.50. The molecule has 6 aliphatic rings. The van der Waals surface area contributed by atoms with Crippen LogP contribution in [0.3, 0.4) is 0 Å². The van der Waals surface area contributed by atoms with Gasteiger partial charge < -0.3 is 30.0 Å². The first-order valence-electron chi connectivity index (χ1n) is 20.7. The van der Waals surface area contributed by atoms with Crippen LogP contribution < -0.4 is 20.4 Å².